The average molecular weight is 254 g/mol. The Morgan fingerprint density at radius 3 is 2.24 bits per heavy atom. The summed E-state index contributed by atoms with van der Waals surface area (Å²) in [5, 5.41) is 3.39. The van der Waals surface area contributed by atoms with Crippen LogP contribution in [0.2, 0.25) is 0 Å². The third-order valence-corrected chi connectivity index (χ3v) is 5.00. The van der Waals surface area contributed by atoms with E-state index in [4.69, 9.17) is 12.2 Å². The largest absolute Gasteiger partial charge is 0.337 e. The van der Waals surface area contributed by atoms with E-state index in [1.807, 2.05) is 11.9 Å². The van der Waals surface area contributed by atoms with Gasteiger partial charge < -0.3 is 10.2 Å². The zero-order valence-corrected chi connectivity index (χ0v) is 12.0. The fourth-order valence-electron chi connectivity index (χ4n) is 3.17. The van der Waals surface area contributed by atoms with E-state index in [2.05, 4.69) is 26.1 Å². The van der Waals surface area contributed by atoms with E-state index >= 15 is 0 Å². The summed E-state index contributed by atoms with van der Waals surface area (Å²) in [6.45, 7) is 6.87. The second kappa shape index (κ2) is 3.94. The molecule has 1 N–H and O–H groups in total. The Morgan fingerprint density at radius 1 is 1.35 bits per heavy atom. The van der Waals surface area contributed by atoms with Gasteiger partial charge in [0.2, 0.25) is 0 Å². The lowest BCUT2D eigenvalue weighted by Crippen LogP contribution is -2.51. The zero-order valence-electron chi connectivity index (χ0n) is 11.2. The molecule has 2 aliphatic rings. The third-order valence-electron chi connectivity index (χ3n) is 4.63. The Kier molecular flexibility index (Phi) is 2.97. The van der Waals surface area contributed by atoms with Crippen LogP contribution in [0.1, 0.15) is 46.5 Å². The van der Waals surface area contributed by atoms with Gasteiger partial charge in [0, 0.05) is 7.05 Å². The molecule has 1 heterocycles. The van der Waals surface area contributed by atoms with Crippen LogP contribution in [0.15, 0.2) is 0 Å². The van der Waals surface area contributed by atoms with Gasteiger partial charge in [0.25, 0.3) is 5.91 Å². The van der Waals surface area contributed by atoms with Crippen molar-refractivity contribution in [1.82, 2.24) is 10.2 Å². The molecule has 2 fully saturated rings. The van der Waals surface area contributed by atoms with E-state index in [1.54, 1.807) is 0 Å². The minimum absolute atomic E-state index is 0.109. The zero-order chi connectivity index (χ0) is 12.8. The van der Waals surface area contributed by atoms with Gasteiger partial charge in [-0.25, -0.2) is 0 Å². The Labute approximate surface area is 109 Å². The predicted octanol–water partition coefficient (Wildman–Crippen LogP) is 2.31. The Hall–Kier alpha value is -0.640. The molecule has 1 spiro atoms. The van der Waals surface area contributed by atoms with Crippen LogP contribution in [-0.2, 0) is 4.79 Å². The lowest BCUT2D eigenvalue weighted by molar-refractivity contribution is -0.128. The van der Waals surface area contributed by atoms with Crippen LogP contribution in [0.3, 0.4) is 0 Å². The van der Waals surface area contributed by atoms with Crippen LogP contribution in [-0.4, -0.2) is 28.5 Å². The van der Waals surface area contributed by atoms with Crippen molar-refractivity contribution in [2.75, 3.05) is 7.05 Å². The molecule has 1 aliphatic heterocycles. The molecule has 0 aromatic carbocycles. The molecule has 17 heavy (non-hydrogen) atoms. The highest BCUT2D eigenvalue weighted by molar-refractivity contribution is 7.80. The summed E-state index contributed by atoms with van der Waals surface area (Å²) in [5.41, 5.74) is -0.00535. The molecule has 1 saturated carbocycles. The van der Waals surface area contributed by atoms with Crippen LogP contribution < -0.4 is 5.32 Å². The maximum Gasteiger partial charge on any atom is 0.252 e. The van der Waals surface area contributed by atoms with Crippen molar-refractivity contribution in [1.29, 1.82) is 0 Å². The van der Waals surface area contributed by atoms with Gasteiger partial charge in [-0.3, -0.25) is 4.79 Å². The summed E-state index contributed by atoms with van der Waals surface area (Å²) in [5.74, 6) is 0.820. The number of carbonyl (C=O) groups excluding carboxylic acids is 1. The molecule has 0 unspecified atom stereocenters. The highest BCUT2D eigenvalue weighted by Crippen LogP contribution is 2.44. The van der Waals surface area contributed by atoms with Crippen molar-refractivity contribution in [2.24, 2.45) is 11.3 Å². The number of nitrogens with zero attached hydrogens (tertiary/aromatic N) is 1. The lowest BCUT2D eigenvalue weighted by atomic mass is 9.67. The van der Waals surface area contributed by atoms with Crippen molar-refractivity contribution in [2.45, 2.75) is 52.0 Å². The number of amides is 1. The van der Waals surface area contributed by atoms with Gasteiger partial charge in [-0.15, -0.1) is 0 Å². The van der Waals surface area contributed by atoms with Crippen LogP contribution >= 0.6 is 12.2 Å². The molecule has 1 amide bonds. The Bertz CT molecular complexity index is 351. The van der Waals surface area contributed by atoms with Crippen LogP contribution in [0, 0.1) is 11.3 Å². The number of carbonyl (C=O) groups is 1. The van der Waals surface area contributed by atoms with Crippen molar-refractivity contribution >= 4 is 23.2 Å². The SMILES string of the molecule is CN1C(=S)NC(=O)C12CCC(C(C)(C)C)CC2. The number of hydrogen-bond acceptors (Lipinski definition) is 2. The van der Waals surface area contributed by atoms with Crippen LogP contribution in [0.25, 0.3) is 0 Å². The van der Waals surface area contributed by atoms with Gasteiger partial charge in [0.15, 0.2) is 5.11 Å². The summed E-state index contributed by atoms with van der Waals surface area (Å²) >= 11 is 5.17. The summed E-state index contributed by atoms with van der Waals surface area (Å²) in [6, 6.07) is 0. The molecule has 2 rings (SSSR count). The third kappa shape index (κ3) is 1.96. The smallest absolute Gasteiger partial charge is 0.252 e. The summed E-state index contributed by atoms with van der Waals surface area (Å²) in [4.78, 5) is 14.1. The number of likely N-dealkylation sites (N-methyl/N-ethyl adjacent to an activating group) is 1. The van der Waals surface area contributed by atoms with Crippen LogP contribution in [0.4, 0.5) is 0 Å². The highest BCUT2D eigenvalue weighted by atomic mass is 32.1. The molecular weight excluding hydrogens is 232 g/mol. The second-order valence-electron chi connectivity index (χ2n) is 6.49. The highest BCUT2D eigenvalue weighted by Gasteiger charge is 2.51. The number of nitrogens with one attached hydrogen (secondary N) is 1. The Morgan fingerprint density at radius 2 is 1.88 bits per heavy atom. The minimum Gasteiger partial charge on any atom is -0.337 e. The summed E-state index contributed by atoms with van der Waals surface area (Å²) < 4.78 is 0. The monoisotopic (exact) mass is 254 g/mol. The maximum absolute atomic E-state index is 12.1. The van der Waals surface area contributed by atoms with Crippen molar-refractivity contribution in [3.8, 4) is 0 Å². The number of thiocarbonyl (C=S) groups is 1. The van der Waals surface area contributed by atoms with E-state index < -0.39 is 0 Å². The lowest BCUT2D eigenvalue weighted by Gasteiger charge is -2.43. The molecule has 1 saturated heterocycles. The maximum atomic E-state index is 12.1. The van der Waals surface area contributed by atoms with Crippen LogP contribution in [0.5, 0.6) is 0 Å². The van der Waals surface area contributed by atoms with Gasteiger partial charge in [0.1, 0.15) is 5.54 Å². The van der Waals surface area contributed by atoms with E-state index in [1.165, 1.54) is 0 Å². The summed E-state index contributed by atoms with van der Waals surface area (Å²) in [7, 11) is 1.94. The fraction of sp³-hybridized carbons (Fsp3) is 0.846. The van der Waals surface area contributed by atoms with Crippen molar-refractivity contribution in [3.05, 3.63) is 0 Å². The van der Waals surface area contributed by atoms with E-state index in [0.717, 1.165) is 25.7 Å². The molecule has 96 valence electrons. The first-order chi connectivity index (χ1) is 7.77. The van der Waals surface area contributed by atoms with E-state index in [9.17, 15) is 4.79 Å². The molecule has 1 aliphatic carbocycles. The normalized spacial score (nSPS) is 34.4. The molecule has 4 heteroatoms. The standard InChI is InChI=1S/C13H22N2OS/c1-12(2,3)9-5-7-13(8-6-9)10(16)14-11(17)15(13)4/h9H,5-8H2,1-4H3,(H,14,16,17). The first-order valence-corrected chi connectivity index (χ1v) is 6.77. The molecule has 0 aromatic rings. The van der Waals surface area contributed by atoms with E-state index in [0.29, 0.717) is 16.4 Å². The van der Waals surface area contributed by atoms with Gasteiger partial charge in [-0.1, -0.05) is 20.8 Å². The van der Waals surface area contributed by atoms with Gasteiger partial charge in [0.05, 0.1) is 0 Å². The fourth-order valence-corrected chi connectivity index (χ4v) is 3.44. The predicted molar refractivity (Wildman–Crippen MR) is 72.6 cm³/mol. The molecular formula is C13H22N2OS. The number of hydrogen-bond donors (Lipinski definition) is 1. The minimum atomic E-state index is -0.348. The molecule has 0 bridgehead atoms. The van der Waals surface area contributed by atoms with E-state index in [-0.39, 0.29) is 11.4 Å². The quantitative estimate of drug-likeness (QED) is 0.673. The first-order valence-electron chi connectivity index (χ1n) is 6.36. The van der Waals surface area contributed by atoms with Crippen molar-refractivity contribution in [3.63, 3.8) is 0 Å². The molecule has 0 radical (unpaired) electrons. The average Bonchev–Trinajstić information content (AvgIpc) is 2.43. The van der Waals surface area contributed by atoms with Crippen molar-refractivity contribution < 1.29 is 4.79 Å². The molecule has 0 atom stereocenters. The molecule has 0 aromatic heterocycles. The molecule has 3 nitrogen and oxygen atoms in total. The van der Waals surface area contributed by atoms with Gasteiger partial charge >= 0.3 is 0 Å². The topological polar surface area (TPSA) is 32.3 Å². The second-order valence-corrected chi connectivity index (χ2v) is 6.88. The van der Waals surface area contributed by atoms with Gasteiger partial charge in [-0.05, 0) is 49.2 Å². The Balaban J connectivity index is 2.13. The summed E-state index contributed by atoms with van der Waals surface area (Å²) in [6.07, 6.45) is 4.09. The first kappa shape index (κ1) is 12.8. The number of rotatable bonds is 0. The van der Waals surface area contributed by atoms with Gasteiger partial charge in [-0.2, -0.15) is 0 Å².